The van der Waals surface area contributed by atoms with Crippen LogP contribution in [0.5, 0.6) is 0 Å². The van der Waals surface area contributed by atoms with Gasteiger partial charge in [-0.15, -0.1) is 0 Å². The van der Waals surface area contributed by atoms with Gasteiger partial charge in [0.25, 0.3) is 48.4 Å². The molecule has 12 atom stereocenters. The van der Waals surface area contributed by atoms with Gasteiger partial charge in [0, 0.05) is 12.7 Å². The Morgan fingerprint density at radius 3 is 1.98 bits per heavy atom. The van der Waals surface area contributed by atoms with Crippen LogP contribution < -0.4 is 52.4 Å². The first-order chi connectivity index (χ1) is 26.3. The number of H-pyrrole nitrogens is 2. The number of anilines is 1. The van der Waals surface area contributed by atoms with Crippen LogP contribution >= 0.6 is 31.3 Å². The van der Waals surface area contributed by atoms with Crippen molar-refractivity contribution < 1.29 is 94.3 Å². The summed E-state index contributed by atoms with van der Waals surface area (Å²) in [6.45, 7) is -2.65. The average molecular weight is 895 g/mol. The lowest BCUT2D eigenvalue weighted by atomic mass is 10.1. The van der Waals surface area contributed by atoms with E-state index < -0.39 is 110 Å². The molecule has 0 radical (unpaired) electrons. The molecule has 10 N–H and O–H groups in total. The van der Waals surface area contributed by atoms with E-state index in [1.165, 1.54) is 30.1 Å². The van der Waals surface area contributed by atoms with Gasteiger partial charge in [0.1, 0.15) is 36.6 Å². The average Bonchev–Trinajstić information content (AvgIpc) is 3.66. The zero-order valence-electron chi connectivity index (χ0n) is 28.4. The molecule has 30 nitrogen and oxygen atoms in total. The molecule has 2 fully saturated rings. The number of rotatable bonds is 16. The fourth-order valence-corrected chi connectivity index (χ4v) is 10.2. The fourth-order valence-electron chi connectivity index (χ4n) is 5.43. The summed E-state index contributed by atoms with van der Waals surface area (Å²) in [5, 5.41) is 41.8. The van der Waals surface area contributed by atoms with E-state index >= 15 is 0 Å². The molecule has 0 aliphatic carbocycles. The predicted molar refractivity (Wildman–Crippen MR) is 173 cm³/mol. The molecule has 0 spiro atoms. The number of aliphatic hydroxyl groups is 4. The second-order valence-electron chi connectivity index (χ2n) is 11.9. The second-order valence-corrected chi connectivity index (χ2v) is 17.9. The third-order valence-corrected chi connectivity index (χ3v) is 13.6. The Hall–Kier alpha value is -3.15. The lowest BCUT2D eigenvalue weighted by molar-refractivity contribution is -0.745. The van der Waals surface area contributed by atoms with Gasteiger partial charge in [-0.05, 0) is 0 Å². The van der Waals surface area contributed by atoms with Gasteiger partial charge in [-0.3, -0.25) is 47.0 Å². The van der Waals surface area contributed by atoms with Crippen molar-refractivity contribution in [2.24, 2.45) is 12.8 Å². The first-order valence-corrected chi connectivity index (χ1v) is 21.4. The largest absolute Gasteiger partial charge is 0.756 e. The molecular formula is C23H31N8O22P4-3. The molecule has 34 heteroatoms. The van der Waals surface area contributed by atoms with Gasteiger partial charge in [0.05, 0.1) is 25.8 Å². The van der Waals surface area contributed by atoms with Crippen LogP contribution in [0.3, 0.4) is 0 Å². The number of fused-ring (bicyclic) bond motifs is 1. The van der Waals surface area contributed by atoms with E-state index in [1.807, 2.05) is 4.98 Å². The summed E-state index contributed by atoms with van der Waals surface area (Å²) in [4.78, 5) is 93.6. The maximum Gasteiger partial charge on any atom is 0.330 e. The summed E-state index contributed by atoms with van der Waals surface area (Å²) >= 11 is 0. The van der Waals surface area contributed by atoms with Gasteiger partial charge in [0.2, 0.25) is 11.7 Å². The fraction of sp³-hybridized carbons (Fsp3) is 0.522. The molecule has 7 unspecified atom stereocenters. The number of aromatic amines is 2. The summed E-state index contributed by atoms with van der Waals surface area (Å²) in [5.74, 6) is -0.336. The van der Waals surface area contributed by atoms with Gasteiger partial charge >= 0.3 is 11.3 Å². The highest BCUT2D eigenvalue weighted by Gasteiger charge is 2.48. The maximum atomic E-state index is 12.3. The third-order valence-electron chi connectivity index (χ3n) is 7.84. The van der Waals surface area contributed by atoms with Crippen molar-refractivity contribution in [2.75, 3.05) is 25.5 Å². The van der Waals surface area contributed by atoms with Gasteiger partial charge in [0.15, 0.2) is 12.6 Å². The van der Waals surface area contributed by atoms with Gasteiger partial charge < -0.3 is 70.0 Å². The van der Waals surface area contributed by atoms with Crippen molar-refractivity contribution in [3.8, 4) is 0 Å². The van der Waals surface area contributed by atoms with Crippen LogP contribution in [0.2, 0.25) is 0 Å². The number of nitrogens with two attached hydrogens (primary N) is 2. The highest BCUT2D eigenvalue weighted by atomic mass is 31.3. The van der Waals surface area contributed by atoms with Crippen molar-refractivity contribution in [3.05, 3.63) is 55.4 Å². The Balaban J connectivity index is 1.16. The van der Waals surface area contributed by atoms with E-state index in [2.05, 4.69) is 31.9 Å². The van der Waals surface area contributed by atoms with E-state index in [0.29, 0.717) is 4.57 Å². The molecule has 0 amide bonds. The molecule has 2 aliphatic rings. The molecular weight excluding hydrogens is 864 g/mol. The zero-order chi connectivity index (χ0) is 42.4. The number of phosphoric acid groups is 4. The molecule has 5 rings (SSSR count). The van der Waals surface area contributed by atoms with E-state index in [0.717, 1.165) is 10.8 Å². The number of nitrogens with zero attached hydrogens (tertiary/aromatic N) is 4. The molecule has 5 heterocycles. The van der Waals surface area contributed by atoms with Crippen LogP contribution in [-0.4, -0.2) is 101 Å². The number of aryl methyl sites for hydroxylation is 1. The number of aliphatic hydroxyl groups excluding tert-OH is 4. The maximum absolute atomic E-state index is 12.3. The van der Waals surface area contributed by atoms with Crippen molar-refractivity contribution in [3.63, 3.8) is 0 Å². The molecule has 318 valence electrons. The number of nitrogen functional groups attached to an aromatic ring is 1. The number of imidazole rings is 1. The lowest BCUT2D eigenvalue weighted by Crippen LogP contribution is -2.46. The minimum Gasteiger partial charge on any atom is -0.756 e. The lowest BCUT2D eigenvalue weighted by Gasteiger charge is -2.36. The minimum absolute atomic E-state index is 0.00397. The van der Waals surface area contributed by atoms with Crippen LogP contribution in [0.1, 0.15) is 18.0 Å². The highest BCUT2D eigenvalue weighted by molar-refractivity contribution is 7.68. The molecule has 0 aromatic carbocycles. The van der Waals surface area contributed by atoms with E-state index in [1.54, 1.807) is 0 Å². The smallest absolute Gasteiger partial charge is 0.330 e. The van der Waals surface area contributed by atoms with Crippen LogP contribution in [0.15, 0.2) is 33.0 Å². The summed E-state index contributed by atoms with van der Waals surface area (Å²) < 4.78 is 81.8. The Kier molecular flexibility index (Phi) is 13.3. The Labute approximate surface area is 315 Å². The topological polar surface area (TPSA) is 468 Å². The number of nitrogens with one attached hydrogen (secondary N) is 2. The zero-order valence-corrected chi connectivity index (χ0v) is 32.0. The molecule has 2 aliphatic heterocycles. The van der Waals surface area contributed by atoms with Gasteiger partial charge in [-0.2, -0.15) is 0 Å². The molecule has 3 aromatic rings. The summed E-state index contributed by atoms with van der Waals surface area (Å²) in [7, 11) is -24.4. The number of phosphoric ester groups is 2. The first-order valence-electron chi connectivity index (χ1n) is 15.5. The van der Waals surface area contributed by atoms with Crippen LogP contribution in [0.4, 0.5) is 5.95 Å². The first kappa shape index (κ1) is 44.9. The molecule has 2 saturated heterocycles. The van der Waals surface area contributed by atoms with Gasteiger partial charge in [-0.25, -0.2) is 22.3 Å². The minimum atomic E-state index is -6.68. The number of ether oxygens (including phenoxy) is 2. The highest BCUT2D eigenvalue weighted by Crippen LogP contribution is 2.66. The van der Waals surface area contributed by atoms with Crippen LogP contribution in [0.25, 0.3) is 17.2 Å². The summed E-state index contributed by atoms with van der Waals surface area (Å²) in [5.41, 5.74) is 7.87. The monoisotopic (exact) mass is 895 g/mol. The number of hydrogen-bond acceptors (Lipinski definition) is 25. The second kappa shape index (κ2) is 16.8. The van der Waals surface area contributed by atoms with Gasteiger partial charge in [-0.1, -0.05) is 17.1 Å². The van der Waals surface area contributed by atoms with Crippen molar-refractivity contribution in [1.29, 1.82) is 0 Å². The molecule has 57 heavy (non-hydrogen) atoms. The Morgan fingerprint density at radius 2 is 1.40 bits per heavy atom. The van der Waals surface area contributed by atoms with Crippen LogP contribution in [-0.2, 0) is 56.8 Å². The number of hydrogen-bond donors (Lipinski definition) is 8. The number of aromatic nitrogens is 6. The summed E-state index contributed by atoms with van der Waals surface area (Å²) in [6, 6.07) is 0. The molecule has 0 bridgehead atoms. The molecule has 3 aromatic heterocycles. The third kappa shape index (κ3) is 10.4. The van der Waals surface area contributed by atoms with Crippen molar-refractivity contribution in [2.45, 2.75) is 49.1 Å². The predicted octanol–water partition coefficient (Wildman–Crippen LogP) is -7.15. The quantitative estimate of drug-likeness (QED) is 0.0489. The standard InChI is InChI=1S/C23H34N8O22P4/c1-29-8-31(17-12(29)19(37)27-22(25)26-17)21-16(35)14(33)11(50-21)7-48-55(41,42)52-57(45,46)53-56(43,44)51-54(39,40)47-6-10-13(32)15(34)20(49-10)30-5-9(3-2-4-24)18(36)28-23(30)38/h2-3,5,8,10-11,13-16,20-21,32-35H,4,6-7,24H2,1H3,(H7-,25,26,27,28,36,37,38,39,40,41,42,43,44,45,46)/p-3/b3-2+/t10-,11-,13+,14?,15?,16?,20-,21-/m1/s1. The Morgan fingerprint density at radius 1 is 0.860 bits per heavy atom. The van der Waals surface area contributed by atoms with E-state index in [9.17, 15) is 72.6 Å². The van der Waals surface area contributed by atoms with Crippen molar-refractivity contribution >= 4 is 54.5 Å². The SMILES string of the molecule is Cn1c[n+]([C@@H]2O[C@H](COP(=O)([O-])OP(=O)([O-])OP(=O)([O-])OP(=O)([O-])OC[C@H]3O[C@@H](n4cc(/C=C/CN)c(=O)[nH]c4=O)C(O)[C@H]3O)C(O)C2O)c2nc(N)[nH]c(=O)c21. The normalized spacial score (nSPS) is 29.6. The molecule has 0 saturated carbocycles. The Bertz CT molecular complexity index is 2400. The van der Waals surface area contributed by atoms with E-state index in [4.69, 9.17) is 20.9 Å². The van der Waals surface area contributed by atoms with Crippen LogP contribution in [0, 0.1) is 0 Å². The van der Waals surface area contributed by atoms with E-state index in [-0.39, 0.29) is 29.2 Å². The van der Waals surface area contributed by atoms with Crippen molar-refractivity contribution in [1.82, 2.24) is 24.1 Å². The summed E-state index contributed by atoms with van der Waals surface area (Å²) in [6.07, 6.45) is -10.1.